The van der Waals surface area contributed by atoms with Gasteiger partial charge in [0.1, 0.15) is 0 Å². The average molecular weight is 356 g/mol. The van der Waals surface area contributed by atoms with Crippen LogP contribution in [0.5, 0.6) is 5.88 Å². The predicted molar refractivity (Wildman–Crippen MR) is 97.4 cm³/mol. The Hall–Kier alpha value is -2.18. The van der Waals surface area contributed by atoms with Crippen LogP contribution in [0.4, 0.5) is 0 Å². The number of hydrogen-bond acceptors (Lipinski definition) is 5. The molecule has 138 valence electrons. The summed E-state index contributed by atoms with van der Waals surface area (Å²) >= 11 is 0. The van der Waals surface area contributed by atoms with Crippen molar-refractivity contribution >= 4 is 16.8 Å². The van der Waals surface area contributed by atoms with Crippen molar-refractivity contribution in [2.24, 2.45) is 0 Å². The van der Waals surface area contributed by atoms with Gasteiger partial charge in [-0.1, -0.05) is 18.2 Å². The quantitative estimate of drug-likeness (QED) is 0.895. The molecule has 1 aromatic heterocycles. The van der Waals surface area contributed by atoms with Crippen molar-refractivity contribution in [1.82, 2.24) is 9.88 Å². The molecule has 2 aliphatic heterocycles. The molecule has 4 rings (SSSR count). The number of methoxy groups -OCH3 is 1. The van der Waals surface area contributed by atoms with E-state index in [-0.39, 0.29) is 5.91 Å². The first-order valence-electron chi connectivity index (χ1n) is 9.18. The molecule has 0 radical (unpaired) electrons. The highest BCUT2D eigenvalue weighted by atomic mass is 16.5. The van der Waals surface area contributed by atoms with E-state index in [0.29, 0.717) is 44.0 Å². The first kappa shape index (κ1) is 17.2. The summed E-state index contributed by atoms with van der Waals surface area (Å²) < 4.78 is 11.2. The average Bonchev–Trinajstić information content (AvgIpc) is 2.69. The van der Waals surface area contributed by atoms with Gasteiger partial charge in [0.2, 0.25) is 5.88 Å². The maximum absolute atomic E-state index is 13.2. The van der Waals surface area contributed by atoms with Crippen molar-refractivity contribution in [3.63, 3.8) is 0 Å². The molecule has 2 aliphatic rings. The fraction of sp³-hybridized carbons (Fsp3) is 0.500. The van der Waals surface area contributed by atoms with Crippen molar-refractivity contribution < 1.29 is 19.4 Å². The molecule has 2 fully saturated rings. The third-order valence-electron chi connectivity index (χ3n) is 5.65. The fourth-order valence-corrected chi connectivity index (χ4v) is 4.08. The standard InChI is InChI=1S/C20H24N2O4/c1-25-18-13-15(14-5-2-3-6-16(14)21-18)19(24)22-10-8-20(9-11-22)17(23)7-4-12-26-20/h2-3,5-6,13,17,23H,4,7-12H2,1H3/t17-/m1/s1. The Kier molecular flexibility index (Phi) is 4.54. The van der Waals surface area contributed by atoms with Crippen molar-refractivity contribution in [3.8, 4) is 5.88 Å². The Morgan fingerprint density at radius 3 is 2.85 bits per heavy atom. The van der Waals surface area contributed by atoms with Crippen LogP contribution in [0.3, 0.4) is 0 Å². The molecule has 1 N–H and O–H groups in total. The molecule has 0 aliphatic carbocycles. The van der Waals surface area contributed by atoms with Gasteiger partial charge in [0.15, 0.2) is 0 Å². The van der Waals surface area contributed by atoms with Gasteiger partial charge in [-0.2, -0.15) is 0 Å². The molecule has 26 heavy (non-hydrogen) atoms. The number of carbonyl (C=O) groups excluding carboxylic acids is 1. The van der Waals surface area contributed by atoms with Crippen molar-refractivity contribution in [2.75, 3.05) is 26.8 Å². The summed E-state index contributed by atoms with van der Waals surface area (Å²) in [6.07, 6.45) is 2.57. The van der Waals surface area contributed by atoms with Gasteiger partial charge in [-0.25, -0.2) is 4.98 Å². The van der Waals surface area contributed by atoms with Gasteiger partial charge in [-0.05, 0) is 31.7 Å². The number of ether oxygens (including phenoxy) is 2. The number of likely N-dealkylation sites (tertiary alicyclic amines) is 1. The van der Waals surface area contributed by atoms with E-state index in [1.165, 1.54) is 0 Å². The molecule has 2 saturated heterocycles. The van der Waals surface area contributed by atoms with Crippen LogP contribution < -0.4 is 4.74 Å². The number of hydrogen-bond donors (Lipinski definition) is 1. The number of aliphatic hydroxyl groups excluding tert-OH is 1. The Bertz CT molecular complexity index is 815. The minimum atomic E-state index is -0.479. The third kappa shape index (κ3) is 2.93. The molecule has 0 saturated carbocycles. The smallest absolute Gasteiger partial charge is 0.254 e. The van der Waals surface area contributed by atoms with E-state index in [4.69, 9.17) is 9.47 Å². The normalized spacial score (nSPS) is 22.5. The van der Waals surface area contributed by atoms with Crippen molar-refractivity contribution in [3.05, 3.63) is 35.9 Å². The molecular weight excluding hydrogens is 332 g/mol. The van der Waals surface area contributed by atoms with Gasteiger partial charge in [-0.3, -0.25) is 4.79 Å². The zero-order valence-corrected chi connectivity index (χ0v) is 15.0. The van der Waals surface area contributed by atoms with Gasteiger partial charge in [0, 0.05) is 31.1 Å². The first-order chi connectivity index (χ1) is 12.6. The minimum absolute atomic E-state index is 0.0259. The second-order valence-corrected chi connectivity index (χ2v) is 7.09. The minimum Gasteiger partial charge on any atom is -0.481 e. The summed E-state index contributed by atoms with van der Waals surface area (Å²) in [5.41, 5.74) is 0.871. The summed E-state index contributed by atoms with van der Waals surface area (Å²) in [5.74, 6) is 0.411. The van der Waals surface area contributed by atoms with E-state index in [2.05, 4.69) is 4.98 Å². The van der Waals surface area contributed by atoms with E-state index in [0.717, 1.165) is 23.7 Å². The third-order valence-corrected chi connectivity index (χ3v) is 5.65. The Morgan fingerprint density at radius 1 is 1.35 bits per heavy atom. The number of rotatable bonds is 2. The highest BCUT2D eigenvalue weighted by Gasteiger charge is 2.44. The maximum atomic E-state index is 13.2. The Morgan fingerprint density at radius 2 is 2.12 bits per heavy atom. The zero-order chi connectivity index (χ0) is 18.1. The number of pyridine rings is 1. The number of para-hydroxylation sites is 1. The van der Waals surface area contributed by atoms with Crippen LogP contribution in [0.15, 0.2) is 30.3 Å². The lowest BCUT2D eigenvalue weighted by Crippen LogP contribution is -2.56. The number of carbonyl (C=O) groups is 1. The van der Waals surface area contributed by atoms with Crippen LogP contribution in [-0.2, 0) is 4.74 Å². The van der Waals surface area contributed by atoms with Gasteiger partial charge in [-0.15, -0.1) is 0 Å². The summed E-state index contributed by atoms with van der Waals surface area (Å²) in [5, 5.41) is 11.2. The number of amides is 1. The maximum Gasteiger partial charge on any atom is 0.254 e. The number of piperidine rings is 1. The van der Waals surface area contributed by atoms with Crippen molar-refractivity contribution in [2.45, 2.75) is 37.4 Å². The van der Waals surface area contributed by atoms with E-state index < -0.39 is 11.7 Å². The van der Waals surface area contributed by atoms with E-state index in [9.17, 15) is 9.90 Å². The van der Waals surface area contributed by atoms with Gasteiger partial charge in [0.25, 0.3) is 5.91 Å². The van der Waals surface area contributed by atoms with E-state index in [1.54, 1.807) is 13.2 Å². The second kappa shape index (κ2) is 6.85. The Balaban J connectivity index is 1.58. The fourth-order valence-electron chi connectivity index (χ4n) is 4.08. The van der Waals surface area contributed by atoms with Crippen LogP contribution in [0.1, 0.15) is 36.0 Å². The van der Waals surface area contributed by atoms with Crippen LogP contribution >= 0.6 is 0 Å². The molecule has 0 bridgehead atoms. The molecule has 1 spiro atoms. The number of benzene rings is 1. The number of aromatic nitrogens is 1. The van der Waals surface area contributed by atoms with Crippen LogP contribution in [0.2, 0.25) is 0 Å². The predicted octanol–water partition coefficient (Wildman–Crippen LogP) is 2.39. The largest absolute Gasteiger partial charge is 0.481 e. The van der Waals surface area contributed by atoms with Crippen LogP contribution in [0.25, 0.3) is 10.9 Å². The second-order valence-electron chi connectivity index (χ2n) is 7.09. The number of nitrogens with zero attached hydrogens (tertiary/aromatic N) is 2. The molecular formula is C20H24N2O4. The molecule has 1 atom stereocenters. The highest BCUT2D eigenvalue weighted by molar-refractivity contribution is 6.06. The van der Waals surface area contributed by atoms with Gasteiger partial charge < -0.3 is 19.5 Å². The lowest BCUT2D eigenvalue weighted by atomic mass is 9.82. The lowest BCUT2D eigenvalue weighted by molar-refractivity contribution is -0.174. The molecule has 3 heterocycles. The van der Waals surface area contributed by atoms with Crippen molar-refractivity contribution in [1.29, 1.82) is 0 Å². The number of aliphatic hydroxyl groups is 1. The van der Waals surface area contributed by atoms with E-state index >= 15 is 0 Å². The van der Waals surface area contributed by atoms with Gasteiger partial charge in [0.05, 0.1) is 29.9 Å². The number of fused-ring (bicyclic) bond motifs is 1. The molecule has 2 aromatic rings. The topological polar surface area (TPSA) is 71.9 Å². The zero-order valence-electron chi connectivity index (χ0n) is 15.0. The van der Waals surface area contributed by atoms with E-state index in [1.807, 2.05) is 29.2 Å². The summed E-state index contributed by atoms with van der Waals surface area (Å²) in [7, 11) is 1.55. The molecule has 6 nitrogen and oxygen atoms in total. The summed E-state index contributed by atoms with van der Waals surface area (Å²) in [6, 6.07) is 9.31. The van der Waals surface area contributed by atoms with Crippen LogP contribution in [0, 0.1) is 0 Å². The molecule has 1 aromatic carbocycles. The van der Waals surface area contributed by atoms with Gasteiger partial charge >= 0.3 is 0 Å². The monoisotopic (exact) mass is 356 g/mol. The molecule has 6 heteroatoms. The molecule has 1 amide bonds. The van der Waals surface area contributed by atoms with Crippen LogP contribution in [-0.4, -0.2) is 59.4 Å². The summed E-state index contributed by atoms with van der Waals surface area (Å²) in [6.45, 7) is 1.85. The molecule has 0 unspecified atom stereocenters. The lowest BCUT2D eigenvalue weighted by Gasteiger charge is -2.46. The Labute approximate surface area is 152 Å². The SMILES string of the molecule is COc1cc(C(=O)N2CCC3(CC2)OCCC[C@H]3O)c2ccccc2n1. The highest BCUT2D eigenvalue weighted by Crippen LogP contribution is 2.36. The first-order valence-corrected chi connectivity index (χ1v) is 9.18. The summed E-state index contributed by atoms with van der Waals surface area (Å²) in [4.78, 5) is 19.4.